The number of thiazole rings is 1. The van der Waals surface area contributed by atoms with Gasteiger partial charge in [-0.2, -0.15) is 0 Å². The number of fused-ring (bicyclic) bond motifs is 1. The molecule has 3 heterocycles. The highest BCUT2D eigenvalue weighted by Crippen LogP contribution is 2.35. The number of esters is 2. The predicted molar refractivity (Wildman–Crippen MR) is 168 cm³/mol. The van der Waals surface area contributed by atoms with Gasteiger partial charge < -0.3 is 13.9 Å². The fourth-order valence-electron chi connectivity index (χ4n) is 5.13. The Hall–Kier alpha value is -5.35. The molecule has 2 aromatic heterocycles. The number of rotatable bonds is 8. The second kappa shape index (κ2) is 12.7. The number of carbonyl (C=O) groups excluding carboxylic acids is 2. The monoisotopic (exact) mass is 622 g/mol. The van der Waals surface area contributed by atoms with Crippen molar-refractivity contribution in [2.75, 3.05) is 13.2 Å². The molecular weight excluding hydrogens is 595 g/mol. The van der Waals surface area contributed by atoms with E-state index in [4.69, 9.17) is 18.9 Å². The van der Waals surface area contributed by atoms with Crippen molar-refractivity contribution in [3.8, 4) is 11.3 Å². The highest BCUT2D eigenvalue weighted by atomic mass is 32.1. The van der Waals surface area contributed by atoms with E-state index in [1.807, 2.05) is 36.4 Å². The van der Waals surface area contributed by atoms with Gasteiger partial charge in [0.2, 0.25) is 0 Å². The molecule has 8 nitrogen and oxygen atoms in total. The maximum atomic E-state index is 14.0. The Labute approximate surface area is 261 Å². The van der Waals surface area contributed by atoms with Crippen molar-refractivity contribution in [2.24, 2.45) is 4.99 Å². The molecule has 45 heavy (non-hydrogen) atoms. The van der Waals surface area contributed by atoms with Gasteiger partial charge in [-0.1, -0.05) is 65.9 Å². The predicted octanol–water partition coefficient (Wildman–Crippen LogP) is 5.51. The van der Waals surface area contributed by atoms with Crippen LogP contribution >= 0.6 is 11.3 Å². The minimum Gasteiger partial charge on any atom is -0.463 e. The Morgan fingerprint density at radius 1 is 0.911 bits per heavy atom. The number of furan rings is 1. The van der Waals surface area contributed by atoms with Crippen LogP contribution in [0, 0.1) is 5.82 Å². The van der Waals surface area contributed by atoms with Crippen molar-refractivity contribution >= 4 is 35.0 Å². The minimum absolute atomic E-state index is 0.120. The van der Waals surface area contributed by atoms with Crippen LogP contribution in [-0.4, -0.2) is 29.7 Å². The average molecular weight is 623 g/mol. The van der Waals surface area contributed by atoms with Crippen molar-refractivity contribution in [1.29, 1.82) is 0 Å². The molecular formula is C35H27FN2O6S. The molecule has 0 amide bonds. The number of benzene rings is 3. The van der Waals surface area contributed by atoms with Crippen molar-refractivity contribution < 1.29 is 27.9 Å². The van der Waals surface area contributed by atoms with Crippen LogP contribution in [0.2, 0.25) is 0 Å². The summed E-state index contributed by atoms with van der Waals surface area (Å²) in [7, 11) is 0. The smallest absolute Gasteiger partial charge is 0.338 e. The summed E-state index contributed by atoms with van der Waals surface area (Å²) in [4.78, 5) is 44.9. The zero-order valence-corrected chi connectivity index (χ0v) is 25.2. The summed E-state index contributed by atoms with van der Waals surface area (Å²) >= 11 is 1.15. The quantitative estimate of drug-likeness (QED) is 0.212. The Balaban J connectivity index is 1.50. The van der Waals surface area contributed by atoms with Gasteiger partial charge >= 0.3 is 11.9 Å². The van der Waals surface area contributed by atoms with Crippen LogP contribution in [0.4, 0.5) is 4.39 Å². The van der Waals surface area contributed by atoms with Crippen LogP contribution in [0.25, 0.3) is 23.1 Å². The largest absolute Gasteiger partial charge is 0.463 e. The van der Waals surface area contributed by atoms with Gasteiger partial charge in [-0.05, 0) is 55.8 Å². The van der Waals surface area contributed by atoms with E-state index < -0.39 is 29.4 Å². The van der Waals surface area contributed by atoms with Gasteiger partial charge in [0.1, 0.15) is 17.3 Å². The van der Waals surface area contributed by atoms with Gasteiger partial charge in [0, 0.05) is 17.2 Å². The first-order valence-corrected chi connectivity index (χ1v) is 15.1. The molecule has 1 aliphatic rings. The van der Waals surface area contributed by atoms with Gasteiger partial charge in [-0.15, -0.1) is 0 Å². The van der Waals surface area contributed by atoms with E-state index in [9.17, 15) is 18.8 Å². The number of aromatic nitrogens is 1. The zero-order valence-electron chi connectivity index (χ0n) is 24.4. The van der Waals surface area contributed by atoms with E-state index in [-0.39, 0.29) is 18.8 Å². The van der Waals surface area contributed by atoms with Gasteiger partial charge in [0.25, 0.3) is 5.56 Å². The first kappa shape index (κ1) is 29.7. The molecule has 3 aromatic carbocycles. The second-order valence-electron chi connectivity index (χ2n) is 9.99. The molecule has 226 valence electrons. The summed E-state index contributed by atoms with van der Waals surface area (Å²) in [5, 5.41) is 0. The molecule has 0 bridgehead atoms. The highest BCUT2D eigenvalue weighted by molar-refractivity contribution is 7.07. The molecule has 0 aliphatic carbocycles. The van der Waals surface area contributed by atoms with Crippen LogP contribution in [0.5, 0.6) is 0 Å². The van der Waals surface area contributed by atoms with Gasteiger partial charge in [-0.3, -0.25) is 9.36 Å². The third-order valence-electron chi connectivity index (χ3n) is 7.12. The summed E-state index contributed by atoms with van der Waals surface area (Å²) in [6, 6.07) is 24.3. The van der Waals surface area contributed by atoms with E-state index in [1.165, 1.54) is 16.7 Å². The number of carbonyl (C=O) groups is 2. The van der Waals surface area contributed by atoms with Crippen molar-refractivity contribution in [3.05, 3.63) is 145 Å². The first-order chi connectivity index (χ1) is 21.9. The number of ether oxygens (including phenoxy) is 2. The molecule has 0 unspecified atom stereocenters. The van der Waals surface area contributed by atoms with E-state index >= 15 is 0 Å². The molecule has 1 atom stereocenters. The molecule has 10 heteroatoms. The Morgan fingerprint density at radius 2 is 1.62 bits per heavy atom. The number of halogens is 1. The molecule has 0 N–H and O–H groups in total. The third-order valence-corrected chi connectivity index (χ3v) is 8.10. The lowest BCUT2D eigenvalue weighted by Gasteiger charge is -2.25. The molecule has 0 radical (unpaired) electrons. The van der Waals surface area contributed by atoms with E-state index in [2.05, 4.69) is 0 Å². The van der Waals surface area contributed by atoms with E-state index in [0.717, 1.165) is 11.3 Å². The van der Waals surface area contributed by atoms with Crippen LogP contribution in [0.3, 0.4) is 0 Å². The number of hydrogen-bond acceptors (Lipinski definition) is 8. The summed E-state index contributed by atoms with van der Waals surface area (Å²) in [6.45, 7) is 3.83. The van der Waals surface area contributed by atoms with E-state index in [0.29, 0.717) is 48.8 Å². The Kier molecular flexibility index (Phi) is 8.39. The molecule has 0 saturated carbocycles. The van der Waals surface area contributed by atoms with E-state index in [1.54, 1.807) is 62.4 Å². The maximum absolute atomic E-state index is 14.0. The fraction of sp³-hybridized carbons (Fsp3) is 0.143. The summed E-state index contributed by atoms with van der Waals surface area (Å²) in [6.07, 6.45) is 1.61. The molecule has 0 saturated heterocycles. The molecule has 0 spiro atoms. The average Bonchev–Trinajstić information content (AvgIpc) is 3.65. The topological polar surface area (TPSA) is 100 Å². The normalized spacial score (nSPS) is 14.6. The van der Waals surface area contributed by atoms with Gasteiger partial charge in [0.05, 0.1) is 40.6 Å². The highest BCUT2D eigenvalue weighted by Gasteiger charge is 2.35. The minimum atomic E-state index is -0.920. The molecule has 5 aromatic rings. The van der Waals surface area contributed by atoms with Gasteiger partial charge in [-0.25, -0.2) is 19.0 Å². The van der Waals surface area contributed by atoms with Crippen LogP contribution in [-0.2, 0) is 14.3 Å². The third kappa shape index (κ3) is 5.92. The zero-order chi connectivity index (χ0) is 31.5. The molecule has 1 aliphatic heterocycles. The van der Waals surface area contributed by atoms with Crippen molar-refractivity contribution in [1.82, 2.24) is 4.57 Å². The Morgan fingerprint density at radius 3 is 2.36 bits per heavy atom. The van der Waals surface area contributed by atoms with Crippen LogP contribution in [0.15, 0.2) is 111 Å². The lowest BCUT2D eigenvalue weighted by atomic mass is 9.93. The lowest BCUT2D eigenvalue weighted by Crippen LogP contribution is -2.40. The summed E-state index contributed by atoms with van der Waals surface area (Å²) < 4.78 is 32.4. The maximum Gasteiger partial charge on any atom is 0.338 e. The second-order valence-corrected chi connectivity index (χ2v) is 11.0. The molecule has 6 rings (SSSR count). The van der Waals surface area contributed by atoms with Crippen LogP contribution in [0.1, 0.15) is 47.1 Å². The summed E-state index contributed by atoms with van der Waals surface area (Å²) in [5.41, 5.74) is 2.42. The molecule has 0 fully saturated rings. The number of nitrogens with zero attached hydrogens (tertiary/aromatic N) is 2. The fourth-order valence-corrected chi connectivity index (χ4v) is 6.11. The van der Waals surface area contributed by atoms with Crippen molar-refractivity contribution in [3.63, 3.8) is 0 Å². The van der Waals surface area contributed by atoms with Crippen LogP contribution < -0.4 is 14.9 Å². The lowest BCUT2D eigenvalue weighted by molar-refractivity contribution is -0.138. The van der Waals surface area contributed by atoms with Crippen molar-refractivity contribution in [2.45, 2.75) is 19.9 Å². The number of hydrogen-bond donors (Lipinski definition) is 0. The standard InChI is InChI=1S/C35H27FN2O6S/c1-3-42-33(40)24-12-8-11-23(19-24)27-18-17-26(44-27)20-28-32(39)38-31(22-13-15-25(36)16-14-22)29(34(41)43-4-2)30(37-35(38)45-28)21-9-6-5-7-10-21/h5-20,31H,3-4H2,1-2H3/b28-20-/t31-/m1/s1. The summed E-state index contributed by atoms with van der Waals surface area (Å²) in [5.74, 6) is -0.592. The first-order valence-electron chi connectivity index (χ1n) is 14.3. The van der Waals surface area contributed by atoms with Gasteiger partial charge in [0.15, 0.2) is 4.80 Å². The Bertz CT molecular complexity index is 2110. The SMILES string of the molecule is CCOC(=O)C1=C(c2ccccc2)N=c2s/c(=C\c3ccc(-c4cccc(C(=O)OCC)c4)o3)c(=O)n2[C@@H]1c1ccc(F)cc1.